The van der Waals surface area contributed by atoms with Gasteiger partial charge in [0.25, 0.3) is 0 Å². The largest absolute Gasteiger partial charge is 0.493 e. The van der Waals surface area contributed by atoms with Gasteiger partial charge in [0.05, 0.1) is 12.4 Å². The molecule has 118 valence electrons. The summed E-state index contributed by atoms with van der Waals surface area (Å²) in [6.07, 6.45) is 5.07. The van der Waals surface area contributed by atoms with Crippen molar-refractivity contribution in [2.24, 2.45) is 0 Å². The van der Waals surface area contributed by atoms with Crippen LogP contribution in [-0.4, -0.2) is 33.6 Å². The van der Waals surface area contributed by atoms with Crippen molar-refractivity contribution in [1.82, 2.24) is 5.32 Å². The molecule has 4 nitrogen and oxygen atoms in total. The lowest BCUT2D eigenvalue weighted by Gasteiger charge is -2.14. The van der Waals surface area contributed by atoms with Crippen LogP contribution in [0.15, 0.2) is 18.2 Å². The summed E-state index contributed by atoms with van der Waals surface area (Å²) in [5.74, 6) is 1.10. The molecule has 1 aromatic rings. The topological polar surface area (TPSA) is 55.4 Å². The minimum Gasteiger partial charge on any atom is -0.493 e. The van der Waals surface area contributed by atoms with Crippen molar-refractivity contribution >= 4 is 9.84 Å². The molecule has 0 aliphatic heterocycles. The van der Waals surface area contributed by atoms with E-state index in [0.717, 1.165) is 31.6 Å². The first-order chi connectivity index (χ1) is 10.0. The van der Waals surface area contributed by atoms with Gasteiger partial charge in [-0.1, -0.05) is 19.1 Å². The average Bonchev–Trinajstić information content (AvgIpc) is 2.84. The summed E-state index contributed by atoms with van der Waals surface area (Å²) in [5.41, 5.74) is 2.62. The number of nitrogens with one attached hydrogen (secondary N) is 1. The Labute approximate surface area is 127 Å². The van der Waals surface area contributed by atoms with Gasteiger partial charge in [-0.15, -0.1) is 0 Å². The summed E-state index contributed by atoms with van der Waals surface area (Å²) in [6, 6.07) is 6.61. The second kappa shape index (κ2) is 7.27. The van der Waals surface area contributed by atoms with Crippen molar-refractivity contribution in [3.8, 4) is 5.75 Å². The molecule has 1 aromatic carbocycles. The van der Waals surface area contributed by atoms with E-state index in [1.165, 1.54) is 17.4 Å². The Morgan fingerprint density at radius 1 is 1.38 bits per heavy atom. The van der Waals surface area contributed by atoms with Crippen LogP contribution in [0.5, 0.6) is 5.75 Å². The first-order valence-electron chi connectivity index (χ1n) is 7.67. The zero-order chi connectivity index (χ0) is 15.3. The summed E-state index contributed by atoms with van der Waals surface area (Å²) in [5, 5.41) is 3.57. The second-order valence-electron chi connectivity index (χ2n) is 5.70. The normalized spacial score (nSPS) is 17.7. The molecule has 0 saturated carbocycles. The maximum absolute atomic E-state index is 11.1. The van der Waals surface area contributed by atoms with Crippen LogP contribution in [0.4, 0.5) is 0 Å². The van der Waals surface area contributed by atoms with E-state index in [1.807, 2.05) is 12.1 Å². The molecule has 5 heteroatoms. The highest BCUT2D eigenvalue weighted by molar-refractivity contribution is 7.90. The van der Waals surface area contributed by atoms with Gasteiger partial charge in [0.2, 0.25) is 0 Å². The molecule has 1 unspecified atom stereocenters. The molecule has 0 radical (unpaired) electrons. The molecule has 1 aliphatic rings. The Hall–Kier alpha value is -1.07. The Balaban J connectivity index is 1.95. The van der Waals surface area contributed by atoms with Gasteiger partial charge in [0.15, 0.2) is 0 Å². The van der Waals surface area contributed by atoms with Crippen LogP contribution in [0.3, 0.4) is 0 Å². The number of rotatable bonds is 8. The first-order valence-corrected chi connectivity index (χ1v) is 9.73. The molecule has 0 fully saturated rings. The van der Waals surface area contributed by atoms with Gasteiger partial charge >= 0.3 is 0 Å². The van der Waals surface area contributed by atoms with Crippen molar-refractivity contribution in [3.63, 3.8) is 0 Å². The lowest BCUT2D eigenvalue weighted by Crippen LogP contribution is -2.19. The number of hydrogen-bond acceptors (Lipinski definition) is 4. The quantitative estimate of drug-likeness (QED) is 0.749. The molecule has 1 N–H and O–H groups in total. The monoisotopic (exact) mass is 311 g/mol. The molecule has 0 heterocycles. The molecule has 21 heavy (non-hydrogen) atoms. The van der Waals surface area contributed by atoms with E-state index in [0.29, 0.717) is 19.1 Å². The number of sulfone groups is 1. The molecular weight excluding hydrogens is 286 g/mol. The van der Waals surface area contributed by atoms with Gasteiger partial charge in [0, 0.05) is 12.3 Å². The van der Waals surface area contributed by atoms with Gasteiger partial charge in [-0.25, -0.2) is 8.42 Å². The van der Waals surface area contributed by atoms with E-state index in [2.05, 4.69) is 18.3 Å². The van der Waals surface area contributed by atoms with Gasteiger partial charge in [-0.3, -0.25) is 0 Å². The molecule has 1 atom stereocenters. The Morgan fingerprint density at radius 3 is 2.90 bits per heavy atom. The number of hydrogen-bond donors (Lipinski definition) is 1. The Kier molecular flexibility index (Phi) is 5.65. The van der Waals surface area contributed by atoms with E-state index in [9.17, 15) is 8.42 Å². The van der Waals surface area contributed by atoms with E-state index in [1.54, 1.807) is 0 Å². The molecule has 1 aliphatic carbocycles. The lowest BCUT2D eigenvalue weighted by atomic mass is 10.1. The highest BCUT2D eigenvalue weighted by Gasteiger charge is 2.24. The minimum atomic E-state index is -2.90. The van der Waals surface area contributed by atoms with Crippen LogP contribution in [-0.2, 0) is 16.3 Å². The van der Waals surface area contributed by atoms with Crippen molar-refractivity contribution in [2.75, 3.05) is 25.2 Å². The van der Waals surface area contributed by atoms with Crippen molar-refractivity contribution in [1.29, 1.82) is 0 Å². The Morgan fingerprint density at radius 2 is 2.19 bits per heavy atom. The zero-order valence-corrected chi connectivity index (χ0v) is 13.7. The first kappa shape index (κ1) is 16.3. The molecule has 0 bridgehead atoms. The molecule has 0 aromatic heterocycles. The molecule has 2 rings (SSSR count). The van der Waals surface area contributed by atoms with Crippen LogP contribution in [0.25, 0.3) is 0 Å². The highest BCUT2D eigenvalue weighted by Crippen LogP contribution is 2.36. The van der Waals surface area contributed by atoms with E-state index >= 15 is 0 Å². The summed E-state index contributed by atoms with van der Waals surface area (Å²) >= 11 is 0. The number of fused-ring (bicyclic) bond motifs is 1. The van der Waals surface area contributed by atoms with Gasteiger partial charge in [-0.2, -0.15) is 0 Å². The standard InChI is InChI=1S/C16H25NO3S/c1-3-10-17-15-9-8-14-13(15)6-4-7-16(14)20-11-5-12-21(2,18)19/h4,6-7,15,17H,3,5,8-12H2,1-2H3. The average molecular weight is 311 g/mol. The third-order valence-electron chi connectivity index (χ3n) is 3.79. The van der Waals surface area contributed by atoms with Crippen LogP contribution in [0, 0.1) is 0 Å². The van der Waals surface area contributed by atoms with Gasteiger partial charge in [-0.05, 0) is 49.4 Å². The van der Waals surface area contributed by atoms with E-state index in [-0.39, 0.29) is 5.75 Å². The van der Waals surface area contributed by atoms with Crippen molar-refractivity contribution in [2.45, 2.75) is 38.6 Å². The van der Waals surface area contributed by atoms with Crippen LogP contribution in [0.1, 0.15) is 43.4 Å². The summed E-state index contributed by atoms with van der Waals surface area (Å²) in [7, 11) is -2.90. The van der Waals surface area contributed by atoms with Crippen molar-refractivity contribution < 1.29 is 13.2 Å². The zero-order valence-electron chi connectivity index (χ0n) is 12.9. The summed E-state index contributed by atoms with van der Waals surface area (Å²) in [6.45, 7) is 3.66. The molecule has 0 amide bonds. The third-order valence-corrected chi connectivity index (χ3v) is 4.82. The van der Waals surface area contributed by atoms with Crippen LogP contribution < -0.4 is 10.1 Å². The smallest absolute Gasteiger partial charge is 0.147 e. The SMILES string of the molecule is CCCNC1CCc2c(OCCCS(C)(=O)=O)cccc21. The predicted molar refractivity (Wildman–Crippen MR) is 85.6 cm³/mol. The van der Waals surface area contributed by atoms with Gasteiger partial charge in [0.1, 0.15) is 15.6 Å². The Bertz CT molecular complexity index is 569. The molecule has 0 saturated heterocycles. The third kappa shape index (κ3) is 4.71. The highest BCUT2D eigenvalue weighted by atomic mass is 32.2. The minimum absolute atomic E-state index is 0.183. The predicted octanol–water partition coefficient (Wildman–Crippen LogP) is 2.49. The lowest BCUT2D eigenvalue weighted by molar-refractivity contribution is 0.315. The maximum Gasteiger partial charge on any atom is 0.147 e. The summed E-state index contributed by atoms with van der Waals surface area (Å²) in [4.78, 5) is 0. The molecule has 0 spiro atoms. The fraction of sp³-hybridized carbons (Fsp3) is 0.625. The number of benzene rings is 1. The fourth-order valence-electron chi connectivity index (χ4n) is 2.79. The van der Waals surface area contributed by atoms with E-state index in [4.69, 9.17) is 4.74 Å². The molecular formula is C16H25NO3S. The number of ether oxygens (including phenoxy) is 1. The second-order valence-corrected chi connectivity index (χ2v) is 7.96. The van der Waals surface area contributed by atoms with Gasteiger partial charge < -0.3 is 10.1 Å². The fourth-order valence-corrected chi connectivity index (χ4v) is 3.43. The van der Waals surface area contributed by atoms with E-state index < -0.39 is 9.84 Å². The van der Waals surface area contributed by atoms with Crippen LogP contribution in [0.2, 0.25) is 0 Å². The maximum atomic E-state index is 11.1. The van der Waals surface area contributed by atoms with Crippen LogP contribution >= 0.6 is 0 Å². The summed E-state index contributed by atoms with van der Waals surface area (Å²) < 4.78 is 28.0. The van der Waals surface area contributed by atoms with Crippen molar-refractivity contribution in [3.05, 3.63) is 29.3 Å².